The second kappa shape index (κ2) is 6.27. The lowest BCUT2D eigenvalue weighted by Crippen LogP contribution is -2.34. The van der Waals surface area contributed by atoms with Crippen LogP contribution < -0.4 is 5.32 Å². The van der Waals surface area contributed by atoms with Crippen molar-refractivity contribution in [3.05, 3.63) is 60.1 Å². The molecule has 1 saturated carbocycles. The summed E-state index contributed by atoms with van der Waals surface area (Å²) in [6, 6.07) is 15.9. The zero-order valence-electron chi connectivity index (χ0n) is 12.1. The first-order valence-corrected chi connectivity index (χ1v) is 7.67. The second-order valence-electron chi connectivity index (χ2n) is 5.86. The van der Waals surface area contributed by atoms with Crippen molar-refractivity contribution in [1.82, 2.24) is 5.32 Å². The van der Waals surface area contributed by atoms with Gasteiger partial charge in [0.05, 0.1) is 12.3 Å². The van der Waals surface area contributed by atoms with Gasteiger partial charge in [-0.2, -0.15) is 0 Å². The molecule has 0 aliphatic heterocycles. The maximum absolute atomic E-state index is 5.46. The number of hydrogen-bond acceptors (Lipinski definition) is 2. The second-order valence-corrected chi connectivity index (χ2v) is 5.86. The van der Waals surface area contributed by atoms with E-state index in [9.17, 15) is 0 Å². The van der Waals surface area contributed by atoms with Crippen LogP contribution in [-0.4, -0.2) is 6.04 Å². The summed E-state index contributed by atoms with van der Waals surface area (Å²) in [6.07, 6.45) is 6.83. The third kappa shape index (κ3) is 3.13. The fraction of sp³-hybridized carbons (Fsp3) is 0.444. The minimum atomic E-state index is 0.309. The summed E-state index contributed by atoms with van der Waals surface area (Å²) in [5.41, 5.74) is 1.50. The van der Waals surface area contributed by atoms with E-state index in [1.807, 2.05) is 12.1 Å². The van der Waals surface area contributed by atoms with E-state index in [2.05, 4.69) is 42.6 Å². The van der Waals surface area contributed by atoms with Crippen molar-refractivity contribution in [3.63, 3.8) is 0 Å². The molecule has 1 aromatic heterocycles. The van der Waals surface area contributed by atoms with Crippen molar-refractivity contribution >= 4 is 0 Å². The molecular weight excluding hydrogens is 246 g/mol. The van der Waals surface area contributed by atoms with Crippen molar-refractivity contribution in [2.75, 3.05) is 0 Å². The van der Waals surface area contributed by atoms with Crippen LogP contribution in [0.15, 0.2) is 53.1 Å². The maximum Gasteiger partial charge on any atom is 0.120 e. The Morgan fingerprint density at radius 3 is 2.40 bits per heavy atom. The first-order chi connectivity index (χ1) is 9.83. The highest BCUT2D eigenvalue weighted by atomic mass is 16.3. The quantitative estimate of drug-likeness (QED) is 0.873. The van der Waals surface area contributed by atoms with Gasteiger partial charge in [-0.25, -0.2) is 0 Å². The van der Waals surface area contributed by atoms with Crippen LogP contribution in [0.1, 0.15) is 55.9 Å². The Morgan fingerprint density at radius 1 is 1.00 bits per heavy atom. The lowest BCUT2D eigenvalue weighted by atomic mass is 9.81. The van der Waals surface area contributed by atoms with E-state index in [0.29, 0.717) is 12.1 Å². The Labute approximate surface area is 121 Å². The van der Waals surface area contributed by atoms with Crippen LogP contribution >= 0.6 is 0 Å². The molecule has 1 fully saturated rings. The molecule has 0 radical (unpaired) electrons. The Bertz CT molecular complexity index is 497. The maximum atomic E-state index is 5.46. The molecular formula is C18H23NO. The van der Waals surface area contributed by atoms with Crippen molar-refractivity contribution in [1.29, 1.82) is 0 Å². The highest BCUT2D eigenvalue weighted by molar-refractivity contribution is 5.20. The number of benzene rings is 1. The number of rotatable bonds is 4. The van der Waals surface area contributed by atoms with E-state index in [-0.39, 0.29) is 0 Å². The zero-order chi connectivity index (χ0) is 13.8. The van der Waals surface area contributed by atoms with Crippen LogP contribution in [-0.2, 0) is 0 Å². The van der Waals surface area contributed by atoms with Gasteiger partial charge in [0.25, 0.3) is 0 Å². The minimum absolute atomic E-state index is 0.309. The predicted octanol–water partition coefficient (Wildman–Crippen LogP) is 4.66. The van der Waals surface area contributed by atoms with Gasteiger partial charge >= 0.3 is 0 Å². The molecule has 1 aliphatic carbocycles. The van der Waals surface area contributed by atoms with Crippen molar-refractivity contribution < 1.29 is 4.42 Å². The molecule has 20 heavy (non-hydrogen) atoms. The molecule has 0 saturated heterocycles. The van der Waals surface area contributed by atoms with Gasteiger partial charge < -0.3 is 9.73 Å². The van der Waals surface area contributed by atoms with Gasteiger partial charge in [-0.05, 0) is 56.2 Å². The van der Waals surface area contributed by atoms with Gasteiger partial charge in [0.15, 0.2) is 0 Å². The van der Waals surface area contributed by atoms with Gasteiger partial charge in [0.2, 0.25) is 0 Å². The van der Waals surface area contributed by atoms with Gasteiger partial charge in [0, 0.05) is 6.04 Å². The summed E-state index contributed by atoms with van der Waals surface area (Å²) in [4.78, 5) is 0. The van der Waals surface area contributed by atoms with Crippen LogP contribution in [0.2, 0.25) is 0 Å². The molecule has 1 N–H and O–H groups in total. The summed E-state index contributed by atoms with van der Waals surface area (Å²) in [5.74, 6) is 1.78. The van der Waals surface area contributed by atoms with Gasteiger partial charge in [-0.15, -0.1) is 0 Å². The highest BCUT2D eigenvalue weighted by Gasteiger charge is 2.23. The zero-order valence-corrected chi connectivity index (χ0v) is 12.1. The Hall–Kier alpha value is -1.54. The predicted molar refractivity (Wildman–Crippen MR) is 81.7 cm³/mol. The lowest BCUT2D eigenvalue weighted by Gasteiger charge is -2.31. The molecule has 0 bridgehead atoms. The smallest absolute Gasteiger partial charge is 0.120 e. The molecule has 2 nitrogen and oxygen atoms in total. The summed E-state index contributed by atoms with van der Waals surface area (Å²) in [7, 11) is 0. The molecule has 1 atom stereocenters. The van der Waals surface area contributed by atoms with Crippen LogP contribution in [0.25, 0.3) is 0 Å². The van der Waals surface area contributed by atoms with Gasteiger partial charge in [-0.3, -0.25) is 0 Å². The third-order valence-electron chi connectivity index (χ3n) is 4.45. The van der Waals surface area contributed by atoms with E-state index in [1.165, 1.54) is 31.2 Å². The molecule has 2 heteroatoms. The van der Waals surface area contributed by atoms with E-state index in [4.69, 9.17) is 4.42 Å². The summed E-state index contributed by atoms with van der Waals surface area (Å²) in [5, 5.41) is 3.70. The number of furan rings is 1. The molecule has 1 unspecified atom stereocenters. The fourth-order valence-electron chi connectivity index (χ4n) is 3.29. The van der Waals surface area contributed by atoms with Crippen LogP contribution in [0, 0.1) is 0 Å². The van der Waals surface area contributed by atoms with Crippen molar-refractivity contribution in [3.8, 4) is 0 Å². The fourth-order valence-corrected chi connectivity index (χ4v) is 3.29. The average Bonchev–Trinajstić information content (AvgIpc) is 3.03. The van der Waals surface area contributed by atoms with Crippen LogP contribution in [0.4, 0.5) is 0 Å². The standard InChI is InChI=1S/C18H23NO/c1-14(18-8-5-13-20-18)19-17-11-9-16(10-12-17)15-6-3-2-4-7-15/h2-8,13-14,16-17,19H,9-12H2,1H3. The minimum Gasteiger partial charge on any atom is -0.468 e. The van der Waals surface area contributed by atoms with Crippen LogP contribution in [0.3, 0.4) is 0 Å². The van der Waals surface area contributed by atoms with Gasteiger partial charge in [-0.1, -0.05) is 30.3 Å². The average molecular weight is 269 g/mol. The van der Waals surface area contributed by atoms with Crippen LogP contribution in [0.5, 0.6) is 0 Å². The van der Waals surface area contributed by atoms with Crippen molar-refractivity contribution in [2.24, 2.45) is 0 Å². The summed E-state index contributed by atoms with van der Waals surface area (Å²) in [6.45, 7) is 2.18. The molecule has 0 amide bonds. The number of nitrogens with one attached hydrogen (secondary N) is 1. The molecule has 2 aromatic rings. The molecule has 0 spiro atoms. The Morgan fingerprint density at radius 2 is 1.75 bits per heavy atom. The monoisotopic (exact) mass is 269 g/mol. The molecule has 1 heterocycles. The molecule has 3 rings (SSSR count). The number of hydrogen-bond donors (Lipinski definition) is 1. The molecule has 1 aliphatic rings. The topological polar surface area (TPSA) is 25.2 Å². The van der Waals surface area contributed by atoms with E-state index in [1.54, 1.807) is 6.26 Å². The summed E-state index contributed by atoms with van der Waals surface area (Å²) < 4.78 is 5.46. The van der Waals surface area contributed by atoms with Crippen molar-refractivity contribution in [2.45, 2.75) is 50.6 Å². The first-order valence-electron chi connectivity index (χ1n) is 7.67. The van der Waals surface area contributed by atoms with Gasteiger partial charge in [0.1, 0.15) is 5.76 Å². The Balaban J connectivity index is 1.51. The largest absolute Gasteiger partial charge is 0.468 e. The SMILES string of the molecule is CC(NC1CCC(c2ccccc2)CC1)c1ccco1. The van der Waals surface area contributed by atoms with E-state index in [0.717, 1.165) is 11.7 Å². The Kier molecular flexibility index (Phi) is 4.22. The third-order valence-corrected chi connectivity index (χ3v) is 4.45. The molecule has 1 aromatic carbocycles. The lowest BCUT2D eigenvalue weighted by molar-refractivity contribution is 0.305. The summed E-state index contributed by atoms with van der Waals surface area (Å²) >= 11 is 0. The highest BCUT2D eigenvalue weighted by Crippen LogP contribution is 2.33. The normalized spacial score (nSPS) is 24.4. The molecule has 106 valence electrons. The van der Waals surface area contributed by atoms with E-state index >= 15 is 0 Å². The van der Waals surface area contributed by atoms with E-state index < -0.39 is 0 Å². The first kappa shape index (κ1) is 13.4.